The monoisotopic (exact) mass is 1310 g/mol. The minimum atomic E-state index is -1.97. The van der Waals surface area contributed by atoms with Gasteiger partial charge in [0, 0.05) is 6.42 Å². The molecular weight excluding hydrogens is 1180 g/mol. The maximum absolute atomic E-state index is 13.4. The van der Waals surface area contributed by atoms with Crippen molar-refractivity contribution in [2.75, 3.05) is 26.4 Å². The van der Waals surface area contributed by atoms with Crippen molar-refractivity contribution < 1.29 is 89.4 Å². The van der Waals surface area contributed by atoms with E-state index >= 15 is 0 Å². The van der Waals surface area contributed by atoms with Gasteiger partial charge in [0.15, 0.2) is 18.9 Å². The van der Waals surface area contributed by atoms with Crippen molar-refractivity contribution in [3.8, 4) is 0 Å². The molecule has 0 radical (unpaired) electrons. The Morgan fingerprint density at radius 3 is 1.17 bits per heavy atom. The number of hydrogen-bond donors (Lipinski definition) is 12. The lowest BCUT2D eigenvalue weighted by molar-refractivity contribution is -0.379. The van der Waals surface area contributed by atoms with Crippen molar-refractivity contribution >= 4 is 5.91 Å². The molecule has 0 aromatic rings. The van der Waals surface area contributed by atoms with E-state index in [0.717, 1.165) is 96.3 Å². The number of hydrogen-bond acceptors (Lipinski definition) is 18. The first-order valence-electron chi connectivity index (χ1n) is 35.8. The Labute approximate surface area is 552 Å². The molecule has 19 heteroatoms. The van der Waals surface area contributed by atoms with Crippen LogP contribution in [0.1, 0.15) is 239 Å². The average molecular weight is 1310 g/mol. The smallest absolute Gasteiger partial charge is 0.220 e. The Morgan fingerprint density at radius 1 is 0.402 bits per heavy atom. The summed E-state index contributed by atoms with van der Waals surface area (Å²) in [7, 11) is 0. The van der Waals surface area contributed by atoms with Crippen LogP contribution in [0.4, 0.5) is 0 Å². The van der Waals surface area contributed by atoms with Crippen molar-refractivity contribution in [1.82, 2.24) is 5.32 Å². The van der Waals surface area contributed by atoms with E-state index in [4.69, 9.17) is 28.4 Å². The average Bonchev–Trinajstić information content (AvgIpc) is 0.830. The number of aliphatic hydroxyl groups is 11. The third-order valence-electron chi connectivity index (χ3n) is 17.5. The third kappa shape index (κ3) is 35.3. The quantitative estimate of drug-likeness (QED) is 0.0199. The number of allylic oxidation sites excluding steroid dienone is 14. The highest BCUT2D eigenvalue weighted by atomic mass is 16.8. The van der Waals surface area contributed by atoms with Crippen LogP contribution in [0, 0.1) is 0 Å². The zero-order valence-corrected chi connectivity index (χ0v) is 56.3. The molecule has 0 saturated carbocycles. The predicted octanol–water partition coefficient (Wildman–Crippen LogP) is 9.88. The van der Waals surface area contributed by atoms with Gasteiger partial charge in [0.2, 0.25) is 5.91 Å². The lowest BCUT2D eigenvalue weighted by Gasteiger charge is -2.48. The van der Waals surface area contributed by atoms with Crippen LogP contribution in [0.2, 0.25) is 0 Å². The molecule has 0 bridgehead atoms. The minimum absolute atomic E-state index is 0.247. The first-order chi connectivity index (χ1) is 44.8. The van der Waals surface area contributed by atoms with E-state index in [0.29, 0.717) is 12.8 Å². The molecule has 0 aromatic carbocycles. The Balaban J connectivity index is 1.27. The first kappa shape index (κ1) is 83.2. The molecule has 17 unspecified atom stereocenters. The van der Waals surface area contributed by atoms with Crippen LogP contribution in [0.3, 0.4) is 0 Å². The topological polar surface area (TPSA) is 307 Å². The minimum Gasteiger partial charge on any atom is -0.394 e. The molecule has 1 amide bonds. The van der Waals surface area contributed by atoms with Crippen LogP contribution in [0.25, 0.3) is 0 Å². The molecule has 12 N–H and O–H groups in total. The molecule has 3 fully saturated rings. The van der Waals surface area contributed by atoms with Gasteiger partial charge in [-0.2, -0.15) is 0 Å². The number of ether oxygens (including phenoxy) is 6. The summed E-state index contributed by atoms with van der Waals surface area (Å²) in [4.78, 5) is 13.4. The van der Waals surface area contributed by atoms with Crippen LogP contribution in [-0.2, 0) is 33.2 Å². The summed E-state index contributed by atoms with van der Waals surface area (Å²) >= 11 is 0. The third-order valence-corrected chi connectivity index (χ3v) is 17.5. The van der Waals surface area contributed by atoms with Crippen molar-refractivity contribution in [1.29, 1.82) is 0 Å². The molecule has 0 aromatic heterocycles. The van der Waals surface area contributed by atoms with Crippen LogP contribution in [0.5, 0.6) is 0 Å². The van der Waals surface area contributed by atoms with Gasteiger partial charge in [-0.3, -0.25) is 4.79 Å². The predicted molar refractivity (Wildman–Crippen MR) is 360 cm³/mol. The lowest BCUT2D eigenvalue weighted by Crippen LogP contribution is -2.66. The molecule has 3 aliphatic rings. The summed E-state index contributed by atoms with van der Waals surface area (Å²) in [6.45, 7) is 1.63. The molecular formula is C73H127NO18. The fourth-order valence-electron chi connectivity index (χ4n) is 11.7. The van der Waals surface area contributed by atoms with Crippen molar-refractivity contribution in [2.45, 2.75) is 343 Å². The second-order valence-corrected chi connectivity index (χ2v) is 25.3. The number of carbonyl (C=O) groups excluding carboxylic acids is 1. The van der Waals surface area contributed by atoms with Gasteiger partial charge in [-0.1, -0.05) is 247 Å². The highest BCUT2D eigenvalue weighted by Gasteiger charge is 2.53. The normalized spacial score (nSPS) is 28.2. The van der Waals surface area contributed by atoms with E-state index < -0.39 is 124 Å². The fraction of sp³-hybridized carbons (Fsp3) is 0.795. The van der Waals surface area contributed by atoms with Crippen LogP contribution in [-0.4, -0.2) is 193 Å². The number of amides is 1. The number of aliphatic hydroxyl groups excluding tert-OH is 11. The zero-order chi connectivity index (χ0) is 66.8. The highest BCUT2D eigenvalue weighted by molar-refractivity contribution is 5.76. The van der Waals surface area contributed by atoms with Crippen molar-refractivity contribution in [3.63, 3.8) is 0 Å². The maximum Gasteiger partial charge on any atom is 0.220 e. The van der Waals surface area contributed by atoms with E-state index in [2.05, 4.69) is 104 Å². The Kier molecular flexibility index (Phi) is 48.9. The molecule has 3 rings (SSSR count). The molecule has 0 aliphatic carbocycles. The Bertz CT molecular complexity index is 2000. The molecule has 3 saturated heterocycles. The molecule has 92 heavy (non-hydrogen) atoms. The van der Waals surface area contributed by atoms with Crippen molar-refractivity contribution in [2.24, 2.45) is 0 Å². The van der Waals surface area contributed by atoms with Gasteiger partial charge in [-0.15, -0.1) is 0 Å². The van der Waals surface area contributed by atoms with Gasteiger partial charge in [-0.25, -0.2) is 0 Å². The number of rotatable bonds is 54. The summed E-state index contributed by atoms with van der Waals surface area (Å²) in [5.74, 6) is -0.247. The summed E-state index contributed by atoms with van der Waals surface area (Å²) in [6, 6.07) is -0.887. The van der Waals surface area contributed by atoms with Crippen LogP contribution in [0.15, 0.2) is 85.1 Å². The zero-order valence-electron chi connectivity index (χ0n) is 56.3. The maximum atomic E-state index is 13.4. The van der Waals surface area contributed by atoms with E-state index in [1.54, 1.807) is 0 Å². The fourth-order valence-corrected chi connectivity index (χ4v) is 11.7. The molecule has 532 valence electrons. The summed E-state index contributed by atoms with van der Waals surface area (Å²) in [5, 5.41) is 120. The van der Waals surface area contributed by atoms with E-state index in [-0.39, 0.29) is 18.9 Å². The largest absolute Gasteiger partial charge is 0.394 e. The van der Waals surface area contributed by atoms with E-state index in [1.165, 1.54) is 109 Å². The number of carbonyl (C=O) groups is 1. The Hall–Kier alpha value is -3.03. The molecule has 17 atom stereocenters. The lowest BCUT2D eigenvalue weighted by atomic mass is 9.96. The van der Waals surface area contributed by atoms with Gasteiger partial charge in [0.25, 0.3) is 0 Å². The van der Waals surface area contributed by atoms with Gasteiger partial charge in [0.05, 0.1) is 38.6 Å². The van der Waals surface area contributed by atoms with Gasteiger partial charge in [0.1, 0.15) is 73.2 Å². The van der Waals surface area contributed by atoms with E-state index in [9.17, 15) is 61.0 Å². The SMILES string of the molecule is CC/C=C\C/C=C\C/C=C\C/C=C\C/C=C\C/C=C\C/C=C\CCCCCCCCCCCCCCCCCCCC(=O)NC(COC1OC(CO)C(OC2OC(CO)C(OC3OC(CO)C(O)C(O)C3O)C(O)C2O)C(O)C1O)C(O)CCCCCCCCCC. The van der Waals surface area contributed by atoms with Gasteiger partial charge < -0.3 is 89.9 Å². The molecule has 19 nitrogen and oxygen atoms in total. The number of unbranched alkanes of at least 4 members (excludes halogenated alkanes) is 24. The highest BCUT2D eigenvalue weighted by Crippen LogP contribution is 2.33. The Morgan fingerprint density at radius 2 is 0.750 bits per heavy atom. The summed E-state index contributed by atoms with van der Waals surface area (Å²) in [6.07, 6.45) is 43.0. The van der Waals surface area contributed by atoms with Gasteiger partial charge >= 0.3 is 0 Å². The molecule has 0 spiro atoms. The van der Waals surface area contributed by atoms with Crippen LogP contribution >= 0.6 is 0 Å². The second-order valence-electron chi connectivity index (χ2n) is 25.3. The summed E-state index contributed by atoms with van der Waals surface area (Å²) in [5.41, 5.74) is 0. The molecule has 3 aliphatic heterocycles. The van der Waals surface area contributed by atoms with Gasteiger partial charge in [-0.05, 0) is 70.6 Å². The second kappa shape index (κ2) is 54.0. The molecule has 3 heterocycles. The van der Waals surface area contributed by atoms with E-state index in [1.807, 2.05) is 0 Å². The standard InChI is InChI=1S/C73H127NO18/c1-3-5-7-9-11-13-14-15-16-17-18-19-20-21-22-23-24-25-26-27-28-29-30-31-32-33-34-35-36-37-38-39-40-41-42-43-45-47-49-51-61(79)74-56(57(78)50-48-46-44-12-10-8-6-4-2)55-87-71-67(85)64(82)69(59(53-76)89-71)92-73-68(86)65(83)70(60(54-77)90-73)91-72-66(84)63(81)62(80)58(52-75)88-72/h5,7,11,13,15-16,18-19,21-22,24-25,27-28,56-60,62-73,75-78,80-86H,3-4,6,8-10,12,14,17,20,23,26,29-55H2,1-2H3,(H,74,79)/b7-5-,13-11-,16-15-,19-18-,22-21-,25-24-,28-27-. The summed E-state index contributed by atoms with van der Waals surface area (Å²) < 4.78 is 34.3. The first-order valence-corrected chi connectivity index (χ1v) is 35.8. The van der Waals surface area contributed by atoms with Crippen LogP contribution < -0.4 is 5.32 Å². The number of nitrogens with one attached hydrogen (secondary N) is 1. The van der Waals surface area contributed by atoms with Crippen molar-refractivity contribution in [3.05, 3.63) is 85.1 Å².